The average molecular weight is 523 g/mol. The maximum atomic E-state index is 12.0. The molecule has 2 amide bonds. The van der Waals surface area contributed by atoms with E-state index in [4.69, 9.17) is 14.5 Å². The number of aryl methyl sites for hydroxylation is 2. The van der Waals surface area contributed by atoms with Gasteiger partial charge in [0.05, 0.1) is 43.3 Å². The largest absolute Gasteiger partial charge is 0.493 e. The number of aromatic nitrogens is 3. The van der Waals surface area contributed by atoms with Gasteiger partial charge in [-0.05, 0) is 63.1 Å². The molecule has 3 saturated heterocycles. The minimum Gasteiger partial charge on any atom is -0.493 e. The number of urea groups is 1. The summed E-state index contributed by atoms with van der Waals surface area (Å²) in [4.78, 5) is 21.0. The summed E-state index contributed by atoms with van der Waals surface area (Å²) in [6.07, 6.45) is 6.98. The van der Waals surface area contributed by atoms with Crippen molar-refractivity contribution in [2.24, 2.45) is 5.92 Å². The molecule has 0 aromatic carbocycles. The predicted octanol–water partition coefficient (Wildman–Crippen LogP) is 2.17. The molecule has 204 valence electrons. The van der Waals surface area contributed by atoms with Gasteiger partial charge in [-0.3, -0.25) is 5.43 Å². The molecule has 0 spiro atoms. The zero-order valence-electron chi connectivity index (χ0n) is 22.6. The van der Waals surface area contributed by atoms with Gasteiger partial charge in [0, 0.05) is 44.0 Å². The maximum Gasteiger partial charge on any atom is 0.317 e. The molecule has 4 fully saturated rings. The highest BCUT2D eigenvalue weighted by Crippen LogP contribution is 2.42. The molecular formula is C27H38N8O3. The fourth-order valence-electron chi connectivity index (χ4n) is 6.86. The number of amides is 2. The van der Waals surface area contributed by atoms with E-state index < -0.39 is 0 Å². The topological polar surface area (TPSA) is 117 Å². The molecule has 3 N–H and O–H groups in total. The molecule has 6 rings (SSSR count). The van der Waals surface area contributed by atoms with Crippen LogP contribution in [0.15, 0.2) is 18.5 Å². The van der Waals surface area contributed by atoms with Crippen molar-refractivity contribution in [2.45, 2.75) is 70.4 Å². The first-order valence-corrected chi connectivity index (χ1v) is 13.7. The number of hydrogen-bond acceptors (Lipinski definition) is 9. The van der Waals surface area contributed by atoms with Gasteiger partial charge < -0.3 is 24.6 Å². The highest BCUT2D eigenvalue weighted by Gasteiger charge is 2.42. The molecule has 11 nitrogen and oxygen atoms in total. The minimum atomic E-state index is -0.0281. The highest BCUT2D eigenvalue weighted by atomic mass is 16.5. The Labute approximate surface area is 223 Å². The molecule has 2 aromatic heterocycles. The monoisotopic (exact) mass is 522 g/mol. The van der Waals surface area contributed by atoms with Crippen molar-refractivity contribution in [3.63, 3.8) is 0 Å². The van der Waals surface area contributed by atoms with Crippen molar-refractivity contribution in [2.75, 3.05) is 38.2 Å². The van der Waals surface area contributed by atoms with Gasteiger partial charge >= 0.3 is 6.03 Å². The van der Waals surface area contributed by atoms with E-state index in [2.05, 4.69) is 51.2 Å². The number of nitrogens with zero attached hydrogens (tertiary/aromatic N) is 5. The first-order chi connectivity index (χ1) is 18.4. The molecule has 5 unspecified atom stereocenters. The predicted molar refractivity (Wildman–Crippen MR) is 142 cm³/mol. The summed E-state index contributed by atoms with van der Waals surface area (Å²) in [5.74, 6) is 2.00. The number of hydrogen-bond donors (Lipinski definition) is 3. The summed E-state index contributed by atoms with van der Waals surface area (Å²) >= 11 is 0. The summed E-state index contributed by atoms with van der Waals surface area (Å²) in [6.45, 7) is 9.05. The number of hydrazine groups is 1. The van der Waals surface area contributed by atoms with Crippen LogP contribution in [-0.2, 0) is 4.74 Å². The number of methoxy groups -OCH3 is 1. The Morgan fingerprint density at radius 3 is 2.84 bits per heavy atom. The van der Waals surface area contributed by atoms with Crippen molar-refractivity contribution in [1.29, 1.82) is 0 Å². The summed E-state index contributed by atoms with van der Waals surface area (Å²) < 4.78 is 12.4. The van der Waals surface area contributed by atoms with Gasteiger partial charge in [-0.1, -0.05) is 0 Å². The molecule has 3 aliphatic heterocycles. The SMILES string of the molecule is COc1cc(C2NNC3CCC(O[C@H](C)c4c(C)cnnc4C)CC32)cnc1N1CCN2C(=O)NCC2C1. The number of anilines is 1. The Kier molecular flexibility index (Phi) is 6.83. The Morgan fingerprint density at radius 2 is 2.03 bits per heavy atom. The van der Waals surface area contributed by atoms with E-state index in [1.165, 1.54) is 0 Å². The van der Waals surface area contributed by atoms with E-state index in [9.17, 15) is 4.79 Å². The smallest absolute Gasteiger partial charge is 0.317 e. The molecule has 0 bridgehead atoms. The molecule has 6 atom stereocenters. The lowest BCUT2D eigenvalue weighted by molar-refractivity contribution is -0.0377. The number of pyridine rings is 1. The lowest BCUT2D eigenvalue weighted by Gasteiger charge is -2.37. The lowest BCUT2D eigenvalue weighted by atomic mass is 9.78. The Hall–Kier alpha value is -3.02. The zero-order valence-corrected chi connectivity index (χ0v) is 22.6. The van der Waals surface area contributed by atoms with Gasteiger partial charge in [0.25, 0.3) is 0 Å². The second-order valence-electron chi connectivity index (χ2n) is 11.1. The van der Waals surface area contributed by atoms with Gasteiger partial charge in [-0.2, -0.15) is 10.2 Å². The third kappa shape index (κ3) is 4.56. The second kappa shape index (κ2) is 10.3. The molecule has 1 saturated carbocycles. The molecule has 2 aromatic rings. The number of piperazine rings is 1. The standard InChI is InChI=1S/C27H38N8O3/c1-15-11-30-31-16(2)24(15)17(3)38-20-5-6-22-21(10-20)25(33-32-22)18-9-23(37-4)26(28-12-18)34-7-8-35-19(14-34)13-29-27(35)36/h9,11-12,17,19-22,25,32-33H,5-8,10,13-14H2,1-4H3,(H,29,36)/t17-,19?,20?,21?,22?,25?/m1/s1. The Balaban J connectivity index is 1.16. The number of nitrogens with one attached hydrogen (secondary N) is 3. The Morgan fingerprint density at radius 1 is 1.16 bits per heavy atom. The molecule has 0 radical (unpaired) electrons. The van der Waals surface area contributed by atoms with Gasteiger partial charge in [0.2, 0.25) is 0 Å². The maximum absolute atomic E-state index is 12.0. The molecular weight excluding hydrogens is 484 g/mol. The third-order valence-corrected chi connectivity index (χ3v) is 8.75. The first-order valence-electron chi connectivity index (χ1n) is 13.7. The van der Waals surface area contributed by atoms with E-state index in [1.807, 2.05) is 24.2 Å². The number of rotatable bonds is 6. The zero-order chi connectivity index (χ0) is 26.4. The van der Waals surface area contributed by atoms with Gasteiger partial charge in [-0.25, -0.2) is 15.2 Å². The van der Waals surface area contributed by atoms with Crippen LogP contribution in [0.4, 0.5) is 10.6 Å². The third-order valence-electron chi connectivity index (χ3n) is 8.75. The van der Waals surface area contributed by atoms with Gasteiger partial charge in [0.1, 0.15) is 0 Å². The number of carbonyl (C=O) groups excluding carboxylic acids is 1. The van der Waals surface area contributed by atoms with E-state index in [0.29, 0.717) is 25.0 Å². The van der Waals surface area contributed by atoms with Crippen LogP contribution in [0.25, 0.3) is 0 Å². The second-order valence-corrected chi connectivity index (χ2v) is 11.1. The van der Waals surface area contributed by atoms with Crippen molar-refractivity contribution < 1.29 is 14.3 Å². The first kappa shape index (κ1) is 25.3. The molecule has 5 heterocycles. The van der Waals surface area contributed by atoms with Crippen LogP contribution >= 0.6 is 0 Å². The van der Waals surface area contributed by atoms with Gasteiger partial charge in [-0.15, -0.1) is 0 Å². The fraction of sp³-hybridized carbons (Fsp3) is 0.630. The number of fused-ring (bicyclic) bond motifs is 2. The van der Waals surface area contributed by atoms with Crippen molar-refractivity contribution >= 4 is 11.8 Å². The fourth-order valence-corrected chi connectivity index (χ4v) is 6.86. The van der Waals surface area contributed by atoms with Gasteiger partial charge in [0.15, 0.2) is 11.6 Å². The normalized spacial score (nSPS) is 29.6. The van der Waals surface area contributed by atoms with Crippen molar-refractivity contribution in [3.05, 3.63) is 40.8 Å². The van der Waals surface area contributed by atoms with E-state index in [1.54, 1.807) is 7.11 Å². The van der Waals surface area contributed by atoms with Crippen LogP contribution < -0.4 is 25.8 Å². The molecule has 38 heavy (non-hydrogen) atoms. The van der Waals surface area contributed by atoms with Crippen LogP contribution in [-0.4, -0.2) is 77.6 Å². The number of carbonyl (C=O) groups is 1. The quantitative estimate of drug-likeness (QED) is 0.525. The summed E-state index contributed by atoms with van der Waals surface area (Å²) in [5.41, 5.74) is 11.4. The van der Waals surface area contributed by atoms with Crippen LogP contribution in [0.1, 0.15) is 60.7 Å². The van der Waals surface area contributed by atoms with Crippen LogP contribution in [0.3, 0.4) is 0 Å². The minimum absolute atomic E-state index is 0.0281. The molecule has 1 aliphatic carbocycles. The van der Waals surface area contributed by atoms with Crippen molar-refractivity contribution in [3.8, 4) is 5.75 Å². The summed E-state index contributed by atoms with van der Waals surface area (Å²) in [6, 6.07) is 2.84. The van der Waals surface area contributed by atoms with Crippen LogP contribution in [0.5, 0.6) is 5.75 Å². The number of ether oxygens (including phenoxy) is 2. The lowest BCUT2D eigenvalue weighted by Crippen LogP contribution is -2.52. The van der Waals surface area contributed by atoms with Crippen LogP contribution in [0, 0.1) is 19.8 Å². The molecule has 4 aliphatic rings. The summed E-state index contributed by atoms with van der Waals surface area (Å²) in [5, 5.41) is 11.3. The van der Waals surface area contributed by atoms with E-state index >= 15 is 0 Å². The molecule has 11 heteroatoms. The van der Waals surface area contributed by atoms with Crippen molar-refractivity contribution in [1.82, 2.24) is 36.2 Å². The van der Waals surface area contributed by atoms with E-state index in [-0.39, 0.29) is 30.3 Å². The average Bonchev–Trinajstić information content (AvgIpc) is 3.51. The van der Waals surface area contributed by atoms with E-state index in [0.717, 1.165) is 66.3 Å². The highest BCUT2D eigenvalue weighted by molar-refractivity contribution is 5.77. The Bertz CT molecular complexity index is 1170. The summed E-state index contributed by atoms with van der Waals surface area (Å²) in [7, 11) is 1.70. The van der Waals surface area contributed by atoms with Crippen LogP contribution in [0.2, 0.25) is 0 Å².